The van der Waals surface area contributed by atoms with Gasteiger partial charge in [-0.05, 0) is 111 Å². The first kappa shape index (κ1) is 25.0. The lowest BCUT2D eigenvalue weighted by atomic mass is 9.41. The highest BCUT2D eigenvalue weighted by molar-refractivity contribution is 5.70. The molecule has 0 bridgehead atoms. The highest BCUT2D eigenvalue weighted by Crippen LogP contribution is 2.73. The fraction of sp³-hybridized carbons (Fsp3) is 0.833. The van der Waals surface area contributed by atoms with E-state index in [0.29, 0.717) is 11.8 Å². The average molecular weight is 457 g/mol. The Morgan fingerprint density at radius 2 is 1.79 bits per heavy atom. The fourth-order valence-electron chi connectivity index (χ4n) is 9.43. The van der Waals surface area contributed by atoms with Crippen LogP contribution in [0.2, 0.25) is 0 Å². The van der Waals surface area contributed by atoms with Gasteiger partial charge in [0.1, 0.15) is 0 Å². The van der Waals surface area contributed by atoms with Gasteiger partial charge >= 0.3 is 5.97 Å². The molecule has 33 heavy (non-hydrogen) atoms. The summed E-state index contributed by atoms with van der Waals surface area (Å²) < 4.78 is 0. The van der Waals surface area contributed by atoms with Crippen LogP contribution in [-0.4, -0.2) is 22.3 Å². The van der Waals surface area contributed by atoms with Gasteiger partial charge in [0, 0.05) is 0 Å². The van der Waals surface area contributed by atoms with Crippen molar-refractivity contribution in [3.63, 3.8) is 0 Å². The van der Waals surface area contributed by atoms with E-state index in [1.165, 1.54) is 12.0 Å². The Kier molecular flexibility index (Phi) is 6.25. The van der Waals surface area contributed by atoms with Crippen molar-refractivity contribution < 1.29 is 15.0 Å². The summed E-state index contributed by atoms with van der Waals surface area (Å²) in [6.07, 6.45) is 13.7. The van der Waals surface area contributed by atoms with Gasteiger partial charge in [-0.3, -0.25) is 4.79 Å². The number of aliphatic hydroxyl groups excluding tert-OH is 1. The van der Waals surface area contributed by atoms with E-state index < -0.39 is 5.97 Å². The second-order valence-electron chi connectivity index (χ2n) is 13.6. The molecule has 0 aliphatic heterocycles. The first-order valence-electron chi connectivity index (χ1n) is 13.5. The molecule has 2 N–H and O–H groups in total. The Bertz CT molecular complexity index is 849. The quantitative estimate of drug-likeness (QED) is 0.424. The average Bonchev–Trinajstić information content (AvgIpc) is 3.00. The highest BCUT2D eigenvalue weighted by Gasteiger charge is 2.65. The minimum absolute atomic E-state index is 0.0474. The molecule has 4 aliphatic rings. The third kappa shape index (κ3) is 3.58. The molecular weight excluding hydrogens is 408 g/mol. The molecule has 3 nitrogen and oxygen atoms in total. The van der Waals surface area contributed by atoms with Crippen LogP contribution in [0.4, 0.5) is 0 Å². The molecule has 3 fully saturated rings. The topological polar surface area (TPSA) is 57.5 Å². The van der Waals surface area contributed by atoms with Gasteiger partial charge in [0.15, 0.2) is 0 Å². The Morgan fingerprint density at radius 3 is 2.42 bits per heavy atom. The summed E-state index contributed by atoms with van der Waals surface area (Å²) >= 11 is 0. The molecule has 8 atom stereocenters. The molecule has 0 radical (unpaired) electrons. The van der Waals surface area contributed by atoms with E-state index in [2.05, 4.69) is 60.6 Å². The lowest BCUT2D eigenvalue weighted by molar-refractivity contribution is -0.149. The van der Waals surface area contributed by atoms with Gasteiger partial charge in [0.05, 0.1) is 12.0 Å². The van der Waals surface area contributed by atoms with Gasteiger partial charge < -0.3 is 10.2 Å². The number of fused-ring (bicyclic) bond motifs is 5. The van der Waals surface area contributed by atoms with Crippen LogP contribution in [0.1, 0.15) is 106 Å². The molecule has 186 valence electrons. The third-order valence-electron chi connectivity index (χ3n) is 11.7. The molecule has 0 aromatic heterocycles. The standard InChI is InChI=1S/C30H48O3/c1-19(2)9-8-10-20(26(32)33)21-13-17-30(7)23-11-12-24-27(3,4)25(31)15-16-28(24,5)22(23)14-18-29(21,30)6/h9,11,20-22,24-25,31H,8,10,12-18H2,1-7H3,(H,32,33)/t20-,21-,22+,24?,25-,28-,29+,30-/m1/s1. The monoisotopic (exact) mass is 456 g/mol. The summed E-state index contributed by atoms with van der Waals surface area (Å²) in [7, 11) is 0. The smallest absolute Gasteiger partial charge is 0.306 e. The summed E-state index contributed by atoms with van der Waals surface area (Å²) in [4.78, 5) is 12.4. The number of carboxylic acids is 1. The Labute approximate surface area is 202 Å². The van der Waals surface area contributed by atoms with E-state index in [1.807, 2.05) is 0 Å². The van der Waals surface area contributed by atoms with Crippen LogP contribution in [0.5, 0.6) is 0 Å². The van der Waals surface area contributed by atoms with Crippen molar-refractivity contribution >= 4 is 5.97 Å². The van der Waals surface area contributed by atoms with Crippen LogP contribution >= 0.6 is 0 Å². The molecule has 0 heterocycles. The minimum atomic E-state index is -0.595. The van der Waals surface area contributed by atoms with Gasteiger partial charge in [0.25, 0.3) is 0 Å². The maximum absolute atomic E-state index is 12.4. The van der Waals surface area contributed by atoms with Crippen molar-refractivity contribution in [1.29, 1.82) is 0 Å². The molecule has 4 aliphatic carbocycles. The van der Waals surface area contributed by atoms with Crippen molar-refractivity contribution in [3.05, 3.63) is 23.3 Å². The Balaban J connectivity index is 1.67. The van der Waals surface area contributed by atoms with Crippen LogP contribution < -0.4 is 0 Å². The Morgan fingerprint density at radius 1 is 1.09 bits per heavy atom. The second kappa shape index (κ2) is 8.25. The minimum Gasteiger partial charge on any atom is -0.481 e. The molecule has 0 aromatic carbocycles. The largest absolute Gasteiger partial charge is 0.481 e. The lowest BCUT2D eigenvalue weighted by Gasteiger charge is -2.64. The van der Waals surface area contributed by atoms with Crippen molar-refractivity contribution in [2.45, 2.75) is 112 Å². The van der Waals surface area contributed by atoms with E-state index in [9.17, 15) is 15.0 Å². The molecule has 4 rings (SSSR count). The molecular formula is C30H48O3. The number of aliphatic hydroxyl groups is 1. The third-order valence-corrected chi connectivity index (χ3v) is 11.7. The zero-order valence-corrected chi connectivity index (χ0v) is 22.2. The summed E-state index contributed by atoms with van der Waals surface area (Å²) in [5, 5.41) is 21.0. The summed E-state index contributed by atoms with van der Waals surface area (Å²) in [6.45, 7) is 16.2. The molecule has 3 saturated carbocycles. The molecule has 0 amide bonds. The number of hydrogen-bond acceptors (Lipinski definition) is 2. The fourth-order valence-corrected chi connectivity index (χ4v) is 9.43. The summed E-state index contributed by atoms with van der Waals surface area (Å²) in [5.74, 6) is 0.502. The Hall–Kier alpha value is -1.09. The highest BCUT2D eigenvalue weighted by atomic mass is 16.4. The van der Waals surface area contributed by atoms with E-state index in [0.717, 1.165) is 51.4 Å². The summed E-state index contributed by atoms with van der Waals surface area (Å²) in [5.41, 5.74) is 3.27. The molecule has 0 aromatic rings. The number of carboxylic acid groups (broad SMARTS) is 1. The van der Waals surface area contributed by atoms with Crippen molar-refractivity contribution in [3.8, 4) is 0 Å². The van der Waals surface area contributed by atoms with Gasteiger partial charge in [-0.15, -0.1) is 0 Å². The number of allylic oxidation sites excluding steroid dienone is 4. The normalized spacial score (nSPS) is 44.7. The zero-order chi connectivity index (χ0) is 24.4. The number of aliphatic carboxylic acids is 1. The van der Waals surface area contributed by atoms with Crippen LogP contribution in [-0.2, 0) is 4.79 Å². The lowest BCUT2D eigenvalue weighted by Crippen LogP contribution is -2.58. The second-order valence-corrected chi connectivity index (χ2v) is 13.6. The molecule has 0 spiro atoms. The first-order chi connectivity index (χ1) is 15.3. The van der Waals surface area contributed by atoms with E-state index in [-0.39, 0.29) is 39.6 Å². The van der Waals surface area contributed by atoms with Gasteiger partial charge in [-0.1, -0.05) is 57.9 Å². The van der Waals surface area contributed by atoms with Gasteiger partial charge in [0.2, 0.25) is 0 Å². The molecule has 1 unspecified atom stereocenters. The maximum Gasteiger partial charge on any atom is 0.306 e. The van der Waals surface area contributed by atoms with Crippen LogP contribution in [0.3, 0.4) is 0 Å². The SMILES string of the molecule is CC(C)=CCC[C@@H](C(=O)O)[C@H]1CC[C@]2(C)C3=CCC4C(C)(C)[C@H](O)CC[C@]4(C)[C@H]3CC[C@@]12C. The van der Waals surface area contributed by atoms with E-state index in [4.69, 9.17) is 0 Å². The first-order valence-corrected chi connectivity index (χ1v) is 13.5. The molecule has 0 saturated heterocycles. The van der Waals surface area contributed by atoms with E-state index in [1.54, 1.807) is 5.57 Å². The van der Waals surface area contributed by atoms with Gasteiger partial charge in [-0.25, -0.2) is 0 Å². The molecule has 3 heteroatoms. The van der Waals surface area contributed by atoms with E-state index >= 15 is 0 Å². The number of hydrogen-bond donors (Lipinski definition) is 2. The van der Waals surface area contributed by atoms with Gasteiger partial charge in [-0.2, -0.15) is 0 Å². The van der Waals surface area contributed by atoms with Crippen molar-refractivity contribution in [1.82, 2.24) is 0 Å². The predicted molar refractivity (Wildman–Crippen MR) is 135 cm³/mol. The van der Waals surface area contributed by atoms with Crippen LogP contribution in [0.25, 0.3) is 0 Å². The van der Waals surface area contributed by atoms with Crippen molar-refractivity contribution in [2.24, 2.45) is 45.3 Å². The van der Waals surface area contributed by atoms with Crippen LogP contribution in [0, 0.1) is 45.3 Å². The predicted octanol–water partition coefficient (Wildman–Crippen LogP) is 7.40. The van der Waals surface area contributed by atoms with Crippen molar-refractivity contribution in [2.75, 3.05) is 0 Å². The zero-order valence-electron chi connectivity index (χ0n) is 22.2. The summed E-state index contributed by atoms with van der Waals surface area (Å²) in [6, 6.07) is 0. The van der Waals surface area contributed by atoms with Crippen LogP contribution in [0.15, 0.2) is 23.3 Å². The number of carbonyl (C=O) groups is 1. The maximum atomic E-state index is 12.4. The number of rotatable bonds is 5.